The fourth-order valence-electron chi connectivity index (χ4n) is 2.29. The molecule has 0 aromatic heterocycles. The van der Waals surface area contributed by atoms with Crippen LogP contribution in [0, 0.1) is 0 Å². The van der Waals surface area contributed by atoms with Crippen molar-refractivity contribution in [2.75, 3.05) is 32.0 Å². The van der Waals surface area contributed by atoms with E-state index in [1.165, 1.54) is 21.3 Å². The van der Waals surface area contributed by atoms with E-state index in [2.05, 4.69) is 20.1 Å². The summed E-state index contributed by atoms with van der Waals surface area (Å²) in [7, 11) is 3.87. The van der Waals surface area contributed by atoms with E-state index in [1.807, 2.05) is 0 Å². The molecule has 8 heteroatoms. The molecule has 0 spiro atoms. The van der Waals surface area contributed by atoms with Gasteiger partial charge in [-0.15, -0.1) is 0 Å². The maximum Gasteiger partial charge on any atom is 0.354 e. The Kier molecular flexibility index (Phi) is 7.15. The van der Waals surface area contributed by atoms with E-state index in [9.17, 15) is 14.4 Å². The summed E-state index contributed by atoms with van der Waals surface area (Å²) in [4.78, 5) is 35.8. The summed E-state index contributed by atoms with van der Waals surface area (Å²) < 4.78 is 14.4. The molecule has 2 N–H and O–H groups in total. The molecule has 0 atom stereocenters. The number of hydrogen-bond acceptors (Lipinski definition) is 7. The molecule has 0 bridgehead atoms. The van der Waals surface area contributed by atoms with E-state index in [0.29, 0.717) is 22.7 Å². The number of methoxy groups -OCH3 is 3. The van der Waals surface area contributed by atoms with Crippen LogP contribution in [0.2, 0.25) is 0 Å². The molecule has 0 fully saturated rings. The molecular weight excluding hydrogens is 364 g/mol. The molecule has 2 aromatic rings. The fraction of sp³-hybridized carbons (Fsp3) is 0.150. The number of amides is 1. The van der Waals surface area contributed by atoms with Gasteiger partial charge in [0.15, 0.2) is 0 Å². The van der Waals surface area contributed by atoms with Crippen LogP contribution in [-0.4, -0.2) is 39.2 Å². The van der Waals surface area contributed by atoms with Crippen molar-refractivity contribution in [2.24, 2.45) is 0 Å². The molecule has 0 saturated carbocycles. The van der Waals surface area contributed by atoms with E-state index < -0.39 is 11.9 Å². The molecule has 0 aliphatic rings. The van der Waals surface area contributed by atoms with Crippen LogP contribution in [0.1, 0.15) is 10.4 Å². The molecule has 0 aliphatic carbocycles. The number of hydrogen-bond donors (Lipinski definition) is 2. The van der Waals surface area contributed by atoms with Crippen molar-refractivity contribution in [3.05, 3.63) is 65.9 Å². The first kappa shape index (κ1) is 20.5. The molecule has 0 heterocycles. The highest BCUT2D eigenvalue weighted by molar-refractivity contribution is 6.06. The topological polar surface area (TPSA) is 103 Å². The fourth-order valence-corrected chi connectivity index (χ4v) is 2.29. The number of rotatable bonds is 7. The van der Waals surface area contributed by atoms with Gasteiger partial charge in [0.2, 0.25) is 0 Å². The lowest BCUT2D eigenvalue weighted by molar-refractivity contribution is -0.138. The second kappa shape index (κ2) is 9.77. The summed E-state index contributed by atoms with van der Waals surface area (Å²) in [6, 6.07) is 13.4. The molecule has 8 nitrogen and oxygen atoms in total. The van der Waals surface area contributed by atoms with Crippen LogP contribution in [0.25, 0.3) is 0 Å². The minimum absolute atomic E-state index is 0.109. The van der Waals surface area contributed by atoms with Gasteiger partial charge >= 0.3 is 11.9 Å². The maximum absolute atomic E-state index is 12.5. The van der Waals surface area contributed by atoms with Gasteiger partial charge in [0.25, 0.3) is 5.91 Å². The van der Waals surface area contributed by atoms with Crippen molar-refractivity contribution < 1.29 is 28.6 Å². The van der Waals surface area contributed by atoms with Gasteiger partial charge in [0.05, 0.1) is 33.0 Å². The zero-order chi connectivity index (χ0) is 20.5. The summed E-state index contributed by atoms with van der Waals surface area (Å²) >= 11 is 0. The lowest BCUT2D eigenvalue weighted by Gasteiger charge is -2.12. The quantitative estimate of drug-likeness (QED) is 0.559. The highest BCUT2D eigenvalue weighted by atomic mass is 16.5. The number of para-hydroxylation sites is 1. The zero-order valence-corrected chi connectivity index (χ0v) is 15.6. The van der Waals surface area contributed by atoms with Crippen molar-refractivity contribution in [3.63, 3.8) is 0 Å². The van der Waals surface area contributed by atoms with E-state index in [-0.39, 0.29) is 11.6 Å². The van der Waals surface area contributed by atoms with Gasteiger partial charge in [-0.05, 0) is 30.3 Å². The van der Waals surface area contributed by atoms with Crippen LogP contribution in [0.3, 0.4) is 0 Å². The molecule has 0 radical (unpaired) electrons. The average molecular weight is 384 g/mol. The maximum atomic E-state index is 12.5. The third kappa shape index (κ3) is 5.34. The third-order valence-corrected chi connectivity index (χ3v) is 3.62. The van der Waals surface area contributed by atoms with E-state index in [0.717, 1.165) is 6.08 Å². The van der Waals surface area contributed by atoms with Gasteiger partial charge in [0, 0.05) is 11.4 Å². The minimum Gasteiger partial charge on any atom is -0.496 e. The minimum atomic E-state index is -0.742. The summed E-state index contributed by atoms with van der Waals surface area (Å²) in [5, 5.41) is 5.54. The van der Waals surface area contributed by atoms with E-state index in [1.54, 1.807) is 48.5 Å². The van der Waals surface area contributed by atoms with Gasteiger partial charge in [-0.3, -0.25) is 4.79 Å². The van der Waals surface area contributed by atoms with E-state index in [4.69, 9.17) is 4.74 Å². The number of anilines is 2. The van der Waals surface area contributed by atoms with Crippen LogP contribution in [0.4, 0.5) is 11.4 Å². The highest BCUT2D eigenvalue weighted by Gasteiger charge is 2.14. The number of carbonyl (C=O) groups is 3. The second-order valence-corrected chi connectivity index (χ2v) is 5.43. The normalized spacial score (nSPS) is 10.6. The van der Waals surface area contributed by atoms with Crippen molar-refractivity contribution in [3.8, 4) is 5.75 Å². The Morgan fingerprint density at radius 3 is 2.18 bits per heavy atom. The molecule has 0 saturated heterocycles. The number of esters is 2. The SMILES string of the molecule is COC(=O)/C=C(/Nc1cccc(NC(=O)c2ccccc2OC)c1)C(=O)OC. The second-order valence-electron chi connectivity index (χ2n) is 5.43. The van der Waals surface area contributed by atoms with Crippen LogP contribution >= 0.6 is 0 Å². The van der Waals surface area contributed by atoms with Crippen molar-refractivity contribution in [1.29, 1.82) is 0 Å². The first-order chi connectivity index (χ1) is 13.5. The first-order valence-electron chi connectivity index (χ1n) is 8.18. The molecule has 146 valence electrons. The molecule has 0 unspecified atom stereocenters. The van der Waals surface area contributed by atoms with Gasteiger partial charge in [0.1, 0.15) is 11.4 Å². The number of benzene rings is 2. The molecule has 1 amide bonds. The van der Waals surface area contributed by atoms with Crippen molar-refractivity contribution >= 4 is 29.2 Å². The number of carbonyl (C=O) groups excluding carboxylic acids is 3. The Hall–Kier alpha value is -3.81. The van der Waals surface area contributed by atoms with E-state index >= 15 is 0 Å². The molecule has 2 rings (SSSR count). The standard InChI is InChI=1S/C20H20N2O6/c1-26-17-10-5-4-9-15(17)19(24)22-14-8-6-7-13(11-14)21-16(20(25)28-3)12-18(23)27-2/h4-12,21H,1-3H3,(H,22,24)/b16-12+. The molecule has 28 heavy (non-hydrogen) atoms. The number of nitrogens with one attached hydrogen (secondary N) is 2. The molecule has 0 aliphatic heterocycles. The van der Waals surface area contributed by atoms with Crippen LogP contribution in [0.5, 0.6) is 5.75 Å². The van der Waals surface area contributed by atoms with Gasteiger partial charge in [-0.25, -0.2) is 9.59 Å². The first-order valence-corrected chi connectivity index (χ1v) is 8.18. The summed E-state index contributed by atoms with van der Waals surface area (Å²) in [6.07, 6.45) is 0.978. The predicted octanol–water partition coefficient (Wildman–Crippen LogP) is 2.59. The van der Waals surface area contributed by atoms with Gasteiger partial charge < -0.3 is 24.8 Å². The summed E-state index contributed by atoms with van der Waals surface area (Å²) in [5.41, 5.74) is 1.20. The predicted molar refractivity (Wildman–Crippen MR) is 103 cm³/mol. The smallest absolute Gasteiger partial charge is 0.354 e. The Labute approximate surface area is 162 Å². The largest absolute Gasteiger partial charge is 0.496 e. The highest BCUT2D eigenvalue weighted by Crippen LogP contribution is 2.21. The number of ether oxygens (including phenoxy) is 3. The Balaban J connectivity index is 2.21. The van der Waals surface area contributed by atoms with Crippen LogP contribution < -0.4 is 15.4 Å². The molecular formula is C20H20N2O6. The van der Waals surface area contributed by atoms with Crippen LogP contribution in [0.15, 0.2) is 60.3 Å². The van der Waals surface area contributed by atoms with Gasteiger partial charge in [-0.1, -0.05) is 18.2 Å². The lowest BCUT2D eigenvalue weighted by atomic mass is 10.1. The third-order valence-electron chi connectivity index (χ3n) is 3.62. The lowest BCUT2D eigenvalue weighted by Crippen LogP contribution is -2.16. The summed E-state index contributed by atoms with van der Waals surface area (Å²) in [6.45, 7) is 0. The molecule has 2 aromatic carbocycles. The zero-order valence-electron chi connectivity index (χ0n) is 15.6. The van der Waals surface area contributed by atoms with Gasteiger partial charge in [-0.2, -0.15) is 0 Å². The monoisotopic (exact) mass is 384 g/mol. The van der Waals surface area contributed by atoms with Crippen molar-refractivity contribution in [1.82, 2.24) is 0 Å². The Morgan fingerprint density at radius 1 is 0.857 bits per heavy atom. The Bertz CT molecular complexity index is 907. The van der Waals surface area contributed by atoms with Crippen molar-refractivity contribution in [2.45, 2.75) is 0 Å². The summed E-state index contributed by atoms with van der Waals surface area (Å²) in [5.74, 6) is -1.36. The van der Waals surface area contributed by atoms with Crippen LogP contribution in [-0.2, 0) is 19.1 Å². The Morgan fingerprint density at radius 2 is 1.54 bits per heavy atom. The average Bonchev–Trinajstić information content (AvgIpc) is 2.72.